The van der Waals surface area contributed by atoms with Gasteiger partial charge in [0.2, 0.25) is 5.91 Å². The average molecular weight is 516 g/mol. The van der Waals surface area contributed by atoms with E-state index in [9.17, 15) is 4.79 Å². The second kappa shape index (κ2) is 12.3. The third-order valence-corrected chi connectivity index (χ3v) is 9.34. The first kappa shape index (κ1) is 26.0. The van der Waals surface area contributed by atoms with Crippen LogP contribution >= 0.6 is 11.6 Å². The van der Waals surface area contributed by atoms with Gasteiger partial charge in [-0.3, -0.25) is 4.79 Å². The number of halogens is 1. The number of carbonyl (C=O) groups excluding carboxylic acids is 1. The highest BCUT2D eigenvalue weighted by Crippen LogP contribution is 2.35. The zero-order chi connectivity index (χ0) is 24.9. The van der Waals surface area contributed by atoms with Crippen molar-refractivity contribution in [1.29, 1.82) is 0 Å². The monoisotopic (exact) mass is 515 g/mol. The van der Waals surface area contributed by atoms with Gasteiger partial charge < -0.3 is 19.5 Å². The molecule has 0 atom stereocenters. The molecule has 2 heterocycles. The molecule has 0 radical (unpaired) electrons. The van der Waals surface area contributed by atoms with E-state index in [4.69, 9.17) is 20.9 Å². The van der Waals surface area contributed by atoms with Gasteiger partial charge in [0.25, 0.3) is 0 Å². The molecule has 7 heteroatoms. The SMILES string of the molecule is COC1CCC(CC(=O)N[C@H]2CC[C@H](CCN3CCC(c4noc5ccc(Cl)cc45)CC3)CC2)CC1. The topological polar surface area (TPSA) is 67.6 Å². The van der Waals surface area contributed by atoms with Gasteiger partial charge in [-0.25, -0.2) is 0 Å². The van der Waals surface area contributed by atoms with Gasteiger partial charge in [-0.2, -0.15) is 0 Å². The van der Waals surface area contributed by atoms with Crippen molar-refractivity contribution >= 4 is 28.5 Å². The highest BCUT2D eigenvalue weighted by atomic mass is 35.5. The number of benzene rings is 1. The number of ether oxygens (including phenoxy) is 1. The van der Waals surface area contributed by atoms with Gasteiger partial charge >= 0.3 is 0 Å². The number of aromatic nitrogens is 1. The van der Waals surface area contributed by atoms with E-state index < -0.39 is 0 Å². The number of methoxy groups -OCH3 is 1. The Labute approximate surface area is 220 Å². The van der Waals surface area contributed by atoms with Crippen LogP contribution in [0.3, 0.4) is 0 Å². The quantitative estimate of drug-likeness (QED) is 0.445. The van der Waals surface area contributed by atoms with Crippen molar-refractivity contribution in [3.8, 4) is 0 Å². The summed E-state index contributed by atoms with van der Waals surface area (Å²) in [6.45, 7) is 3.43. The average Bonchev–Trinajstić information content (AvgIpc) is 3.32. The molecule has 1 aromatic heterocycles. The molecule has 5 rings (SSSR count). The summed E-state index contributed by atoms with van der Waals surface area (Å²) in [5.41, 5.74) is 1.91. The summed E-state index contributed by atoms with van der Waals surface area (Å²) < 4.78 is 11.0. The molecule has 1 amide bonds. The fraction of sp³-hybridized carbons (Fsp3) is 0.724. The molecular weight excluding hydrogens is 474 g/mol. The number of amides is 1. The lowest BCUT2D eigenvalue weighted by atomic mass is 9.83. The fourth-order valence-electron chi connectivity index (χ4n) is 6.74. The maximum absolute atomic E-state index is 12.6. The van der Waals surface area contributed by atoms with Crippen LogP contribution in [0.2, 0.25) is 5.02 Å². The summed E-state index contributed by atoms with van der Waals surface area (Å²) in [5.74, 6) is 2.05. The number of likely N-dealkylation sites (tertiary alicyclic amines) is 1. The summed E-state index contributed by atoms with van der Waals surface area (Å²) in [7, 11) is 1.80. The number of rotatable bonds is 8. The van der Waals surface area contributed by atoms with E-state index in [0.717, 1.165) is 92.1 Å². The summed E-state index contributed by atoms with van der Waals surface area (Å²) >= 11 is 6.20. The van der Waals surface area contributed by atoms with Gasteiger partial charge in [0, 0.05) is 35.9 Å². The molecule has 1 aromatic carbocycles. The van der Waals surface area contributed by atoms with E-state index in [1.165, 1.54) is 25.8 Å². The van der Waals surface area contributed by atoms with Gasteiger partial charge in [0.05, 0.1) is 11.8 Å². The van der Waals surface area contributed by atoms with Gasteiger partial charge in [0.1, 0.15) is 0 Å². The molecule has 2 aliphatic carbocycles. The third kappa shape index (κ3) is 6.62. The number of carbonyl (C=O) groups is 1. The van der Waals surface area contributed by atoms with Crippen LogP contribution in [0, 0.1) is 11.8 Å². The van der Waals surface area contributed by atoms with Gasteiger partial charge in [-0.1, -0.05) is 16.8 Å². The molecule has 2 saturated carbocycles. The first-order valence-corrected chi connectivity index (χ1v) is 14.5. The zero-order valence-corrected chi connectivity index (χ0v) is 22.5. The number of hydrogen-bond acceptors (Lipinski definition) is 5. The molecule has 1 saturated heterocycles. The molecule has 0 spiro atoms. The van der Waals surface area contributed by atoms with E-state index in [-0.39, 0.29) is 5.91 Å². The van der Waals surface area contributed by atoms with Crippen LogP contribution in [0.1, 0.15) is 88.7 Å². The van der Waals surface area contributed by atoms with Gasteiger partial charge in [0.15, 0.2) is 5.58 Å². The Morgan fingerprint density at radius 2 is 1.78 bits per heavy atom. The molecular formula is C29H42ClN3O3. The summed E-state index contributed by atoms with van der Waals surface area (Å²) in [6.07, 6.45) is 13.8. The lowest BCUT2D eigenvalue weighted by Crippen LogP contribution is -2.39. The highest BCUT2D eigenvalue weighted by molar-refractivity contribution is 6.31. The van der Waals surface area contributed by atoms with Crippen LogP contribution in [-0.2, 0) is 9.53 Å². The van der Waals surface area contributed by atoms with E-state index in [1.807, 2.05) is 18.2 Å². The maximum Gasteiger partial charge on any atom is 0.220 e. The van der Waals surface area contributed by atoms with E-state index >= 15 is 0 Å². The van der Waals surface area contributed by atoms with Crippen molar-refractivity contribution < 1.29 is 14.1 Å². The Kier molecular flexibility index (Phi) is 8.86. The smallest absolute Gasteiger partial charge is 0.220 e. The Bertz CT molecular complexity index is 987. The number of hydrogen-bond donors (Lipinski definition) is 1. The standard InChI is InChI=1S/C29H42ClN3O3/c1-35-25-9-4-21(5-10-25)18-28(34)31-24-7-2-20(3-8-24)12-15-33-16-13-22(14-17-33)29-26-19-23(30)6-11-27(26)36-32-29/h6,11,19-22,24-25H,2-5,7-10,12-18H2,1H3,(H,31,34)/t20-,21?,24-,25?. The minimum absolute atomic E-state index is 0.268. The minimum Gasteiger partial charge on any atom is -0.381 e. The first-order valence-electron chi connectivity index (χ1n) is 14.2. The molecule has 3 aliphatic rings. The molecule has 2 aromatic rings. The maximum atomic E-state index is 12.6. The first-order chi connectivity index (χ1) is 17.6. The van der Waals surface area contributed by atoms with Crippen molar-refractivity contribution in [1.82, 2.24) is 15.4 Å². The van der Waals surface area contributed by atoms with Crippen molar-refractivity contribution in [2.75, 3.05) is 26.7 Å². The molecule has 0 unspecified atom stereocenters. The van der Waals surface area contributed by atoms with Crippen molar-refractivity contribution in [3.63, 3.8) is 0 Å². The Balaban J connectivity index is 0.976. The lowest BCUT2D eigenvalue weighted by Gasteiger charge is -2.34. The normalized spacial score (nSPS) is 28.4. The summed E-state index contributed by atoms with van der Waals surface area (Å²) in [5, 5.41) is 9.55. The van der Waals surface area contributed by atoms with E-state index in [2.05, 4.69) is 15.4 Å². The molecule has 6 nitrogen and oxygen atoms in total. The summed E-state index contributed by atoms with van der Waals surface area (Å²) in [6, 6.07) is 6.14. The number of nitrogens with one attached hydrogen (secondary N) is 1. The molecule has 198 valence electrons. The molecule has 1 N–H and O–H groups in total. The Morgan fingerprint density at radius 1 is 1.06 bits per heavy atom. The van der Waals surface area contributed by atoms with Gasteiger partial charge in [-0.15, -0.1) is 0 Å². The second-order valence-corrected chi connectivity index (χ2v) is 11.9. The Hall–Kier alpha value is -1.63. The van der Waals surface area contributed by atoms with Crippen molar-refractivity contribution in [2.45, 2.75) is 95.1 Å². The van der Waals surface area contributed by atoms with Crippen LogP contribution in [0.5, 0.6) is 0 Å². The van der Waals surface area contributed by atoms with Crippen LogP contribution in [0.4, 0.5) is 0 Å². The second-order valence-electron chi connectivity index (χ2n) is 11.5. The van der Waals surface area contributed by atoms with Crippen molar-refractivity contribution in [2.24, 2.45) is 11.8 Å². The minimum atomic E-state index is 0.268. The molecule has 0 bridgehead atoms. The lowest BCUT2D eigenvalue weighted by molar-refractivity contribution is -0.123. The van der Waals surface area contributed by atoms with Crippen LogP contribution in [0.15, 0.2) is 22.7 Å². The number of piperidine rings is 1. The third-order valence-electron chi connectivity index (χ3n) is 9.10. The molecule has 1 aliphatic heterocycles. The number of nitrogens with zero attached hydrogens (tertiary/aromatic N) is 2. The van der Waals surface area contributed by atoms with Crippen LogP contribution in [-0.4, -0.2) is 54.9 Å². The molecule has 3 fully saturated rings. The van der Waals surface area contributed by atoms with Crippen LogP contribution in [0.25, 0.3) is 11.0 Å². The predicted molar refractivity (Wildman–Crippen MR) is 143 cm³/mol. The molecule has 36 heavy (non-hydrogen) atoms. The number of fused-ring (bicyclic) bond motifs is 1. The van der Waals surface area contributed by atoms with E-state index in [1.54, 1.807) is 7.11 Å². The van der Waals surface area contributed by atoms with E-state index in [0.29, 0.717) is 30.4 Å². The van der Waals surface area contributed by atoms with Gasteiger partial charge in [-0.05, 0) is 120 Å². The Morgan fingerprint density at radius 3 is 2.50 bits per heavy atom. The summed E-state index contributed by atoms with van der Waals surface area (Å²) in [4.78, 5) is 15.2. The van der Waals surface area contributed by atoms with Crippen molar-refractivity contribution in [3.05, 3.63) is 28.9 Å². The highest BCUT2D eigenvalue weighted by Gasteiger charge is 2.28. The largest absolute Gasteiger partial charge is 0.381 e. The predicted octanol–water partition coefficient (Wildman–Crippen LogP) is 6.32. The fourth-order valence-corrected chi connectivity index (χ4v) is 6.91. The van der Waals surface area contributed by atoms with Crippen LogP contribution < -0.4 is 5.32 Å². The zero-order valence-electron chi connectivity index (χ0n) is 21.7.